The molecule has 1 N–H and O–H groups in total. The summed E-state index contributed by atoms with van der Waals surface area (Å²) in [5.41, 5.74) is 1.96. The zero-order chi connectivity index (χ0) is 22.9. The van der Waals surface area contributed by atoms with Gasteiger partial charge in [0.2, 0.25) is 10.0 Å². The molecular formula is C22H24ClN5O3S. The van der Waals surface area contributed by atoms with Crippen LogP contribution in [-0.4, -0.2) is 46.0 Å². The third kappa shape index (κ3) is 4.41. The number of aromatic nitrogens is 3. The fourth-order valence-electron chi connectivity index (χ4n) is 3.90. The lowest BCUT2D eigenvalue weighted by molar-refractivity contribution is 0.102. The van der Waals surface area contributed by atoms with E-state index >= 15 is 0 Å². The van der Waals surface area contributed by atoms with E-state index in [-0.39, 0.29) is 16.5 Å². The highest BCUT2D eigenvalue weighted by molar-refractivity contribution is 7.89. The topological polar surface area (TPSA) is 97.2 Å². The second kappa shape index (κ2) is 9.01. The number of benzene rings is 2. The Morgan fingerprint density at radius 3 is 2.72 bits per heavy atom. The predicted octanol–water partition coefficient (Wildman–Crippen LogP) is 4.04. The smallest absolute Gasteiger partial charge is 0.256 e. The number of halogens is 1. The normalized spacial score (nSPS) is 17.3. The largest absolute Gasteiger partial charge is 0.320 e. The molecule has 1 aromatic heterocycles. The van der Waals surface area contributed by atoms with Gasteiger partial charge in [-0.25, -0.2) is 18.1 Å². The molecule has 2 heterocycles. The van der Waals surface area contributed by atoms with Crippen molar-refractivity contribution in [3.05, 3.63) is 65.2 Å². The highest BCUT2D eigenvalue weighted by Crippen LogP contribution is 2.28. The van der Waals surface area contributed by atoms with Crippen molar-refractivity contribution in [2.24, 2.45) is 0 Å². The second-order valence-electron chi connectivity index (χ2n) is 7.89. The molecule has 10 heteroatoms. The summed E-state index contributed by atoms with van der Waals surface area (Å²) in [7, 11) is -3.70. The Bertz CT molecular complexity index is 1240. The zero-order valence-corrected chi connectivity index (χ0v) is 19.4. The molecule has 0 radical (unpaired) electrons. The fourth-order valence-corrected chi connectivity index (χ4v) is 5.80. The quantitative estimate of drug-likeness (QED) is 0.603. The molecule has 0 spiro atoms. The van der Waals surface area contributed by atoms with Crippen LogP contribution in [-0.2, 0) is 10.0 Å². The first-order valence-electron chi connectivity index (χ1n) is 10.4. The van der Waals surface area contributed by atoms with E-state index in [0.717, 1.165) is 19.3 Å². The van der Waals surface area contributed by atoms with Crippen LogP contribution in [0.1, 0.15) is 42.1 Å². The van der Waals surface area contributed by atoms with Crippen LogP contribution in [0.2, 0.25) is 5.02 Å². The maximum absolute atomic E-state index is 13.3. The number of aryl methyl sites for hydroxylation is 1. The zero-order valence-electron chi connectivity index (χ0n) is 17.8. The molecule has 0 aliphatic carbocycles. The number of carbonyl (C=O) groups is 1. The van der Waals surface area contributed by atoms with E-state index in [9.17, 15) is 13.2 Å². The van der Waals surface area contributed by atoms with Crippen LogP contribution in [0.25, 0.3) is 5.69 Å². The van der Waals surface area contributed by atoms with E-state index in [1.165, 1.54) is 27.7 Å². The first-order valence-corrected chi connectivity index (χ1v) is 12.2. The fraction of sp³-hybridized carbons (Fsp3) is 0.318. The Kier molecular flexibility index (Phi) is 6.32. The van der Waals surface area contributed by atoms with Gasteiger partial charge in [0.15, 0.2) is 0 Å². The molecule has 1 unspecified atom stereocenters. The lowest BCUT2D eigenvalue weighted by atomic mass is 10.1. The van der Waals surface area contributed by atoms with E-state index < -0.39 is 15.9 Å². The second-order valence-corrected chi connectivity index (χ2v) is 10.2. The average molecular weight is 474 g/mol. The van der Waals surface area contributed by atoms with Gasteiger partial charge >= 0.3 is 0 Å². The van der Waals surface area contributed by atoms with Crippen LogP contribution >= 0.6 is 11.6 Å². The predicted molar refractivity (Wildman–Crippen MR) is 123 cm³/mol. The highest BCUT2D eigenvalue weighted by atomic mass is 35.5. The molecule has 1 fully saturated rings. The van der Waals surface area contributed by atoms with Gasteiger partial charge in [0.1, 0.15) is 12.7 Å². The van der Waals surface area contributed by atoms with Gasteiger partial charge < -0.3 is 5.32 Å². The van der Waals surface area contributed by atoms with Crippen LogP contribution in [0, 0.1) is 6.92 Å². The number of sulfonamides is 1. The summed E-state index contributed by atoms with van der Waals surface area (Å²) in [6, 6.07) is 9.62. The maximum Gasteiger partial charge on any atom is 0.256 e. The van der Waals surface area contributed by atoms with Crippen molar-refractivity contribution in [3.63, 3.8) is 0 Å². The molecular weight excluding hydrogens is 450 g/mol. The van der Waals surface area contributed by atoms with Crippen molar-refractivity contribution in [2.45, 2.75) is 44.0 Å². The first-order chi connectivity index (χ1) is 15.3. The van der Waals surface area contributed by atoms with Crippen LogP contribution < -0.4 is 5.32 Å². The first kappa shape index (κ1) is 22.4. The lowest BCUT2D eigenvalue weighted by Crippen LogP contribution is -2.42. The summed E-state index contributed by atoms with van der Waals surface area (Å²) in [4.78, 5) is 17.2. The molecule has 32 heavy (non-hydrogen) atoms. The third-order valence-corrected chi connectivity index (χ3v) is 7.92. The van der Waals surface area contributed by atoms with E-state index in [2.05, 4.69) is 15.4 Å². The van der Waals surface area contributed by atoms with Crippen molar-refractivity contribution in [2.75, 3.05) is 11.9 Å². The molecule has 1 amide bonds. The molecule has 0 saturated carbocycles. The van der Waals surface area contributed by atoms with E-state index in [1.54, 1.807) is 37.3 Å². The molecule has 0 bridgehead atoms. The lowest BCUT2D eigenvalue weighted by Gasteiger charge is -2.32. The van der Waals surface area contributed by atoms with Gasteiger partial charge in [-0.1, -0.05) is 24.1 Å². The summed E-state index contributed by atoms with van der Waals surface area (Å²) in [5, 5.41) is 7.39. The van der Waals surface area contributed by atoms with Crippen molar-refractivity contribution in [3.8, 4) is 5.69 Å². The number of hydrogen-bond acceptors (Lipinski definition) is 5. The van der Waals surface area contributed by atoms with E-state index in [1.807, 2.05) is 6.92 Å². The number of piperidine rings is 1. The molecule has 3 aromatic rings. The Morgan fingerprint density at radius 1 is 1.19 bits per heavy atom. The third-order valence-electron chi connectivity index (χ3n) is 5.67. The van der Waals surface area contributed by atoms with Gasteiger partial charge in [-0.05, 0) is 62.6 Å². The molecule has 2 aromatic carbocycles. The van der Waals surface area contributed by atoms with Crippen molar-refractivity contribution in [1.82, 2.24) is 19.1 Å². The minimum Gasteiger partial charge on any atom is -0.320 e. The SMILES string of the molecule is Cc1ccc(S(=O)(=O)N2CCCCC2C)cc1C(=O)Nc1cc(Cl)ccc1-n1cncn1. The number of hydrogen-bond donors (Lipinski definition) is 1. The van der Waals surface area contributed by atoms with Gasteiger partial charge in [0, 0.05) is 23.2 Å². The molecule has 1 atom stereocenters. The number of rotatable bonds is 5. The van der Waals surface area contributed by atoms with E-state index in [4.69, 9.17) is 11.6 Å². The van der Waals surface area contributed by atoms with Gasteiger partial charge in [0.05, 0.1) is 16.3 Å². The number of amides is 1. The van der Waals surface area contributed by atoms with Gasteiger partial charge in [-0.2, -0.15) is 9.40 Å². The van der Waals surface area contributed by atoms with Crippen molar-refractivity contribution in [1.29, 1.82) is 0 Å². The molecule has 1 saturated heterocycles. The minimum atomic E-state index is -3.70. The van der Waals surface area contributed by atoms with E-state index in [0.29, 0.717) is 28.5 Å². The minimum absolute atomic E-state index is 0.0657. The summed E-state index contributed by atoms with van der Waals surface area (Å²) < 4.78 is 29.6. The number of anilines is 1. The van der Waals surface area contributed by atoms with Crippen LogP contribution in [0.5, 0.6) is 0 Å². The Labute approximate surface area is 192 Å². The van der Waals surface area contributed by atoms with Gasteiger partial charge in [0.25, 0.3) is 5.91 Å². The van der Waals surface area contributed by atoms with Gasteiger partial charge in [-0.15, -0.1) is 0 Å². The highest BCUT2D eigenvalue weighted by Gasteiger charge is 2.31. The Balaban J connectivity index is 1.67. The van der Waals surface area contributed by atoms with Crippen LogP contribution in [0.4, 0.5) is 5.69 Å². The van der Waals surface area contributed by atoms with Crippen LogP contribution in [0.3, 0.4) is 0 Å². The number of nitrogens with one attached hydrogen (secondary N) is 1. The van der Waals surface area contributed by atoms with Gasteiger partial charge in [-0.3, -0.25) is 4.79 Å². The summed E-state index contributed by atoms with van der Waals surface area (Å²) in [6.07, 6.45) is 5.58. The molecule has 168 valence electrons. The average Bonchev–Trinajstić information content (AvgIpc) is 3.29. The molecule has 1 aliphatic heterocycles. The number of nitrogens with zero attached hydrogens (tertiary/aromatic N) is 4. The molecule has 1 aliphatic rings. The van der Waals surface area contributed by atoms with Crippen molar-refractivity contribution >= 4 is 33.2 Å². The summed E-state index contributed by atoms with van der Waals surface area (Å²) in [6.45, 7) is 4.18. The molecule has 4 rings (SSSR count). The molecule has 8 nitrogen and oxygen atoms in total. The van der Waals surface area contributed by atoms with Crippen LogP contribution in [0.15, 0.2) is 53.9 Å². The van der Waals surface area contributed by atoms with Crippen molar-refractivity contribution < 1.29 is 13.2 Å². The summed E-state index contributed by atoms with van der Waals surface area (Å²) >= 11 is 6.14. The standard InChI is InChI=1S/C22H24ClN5O3S/c1-15-6-8-18(32(30,31)28-10-4-3-5-16(28)2)12-19(15)22(29)26-20-11-17(23)7-9-21(20)27-14-24-13-25-27/h6-9,11-14,16H,3-5,10H2,1-2H3,(H,26,29). The monoisotopic (exact) mass is 473 g/mol. The summed E-state index contributed by atoms with van der Waals surface area (Å²) in [5.74, 6) is -0.435. The maximum atomic E-state index is 13.3. The Morgan fingerprint density at radius 2 is 2.00 bits per heavy atom. The number of carbonyl (C=O) groups excluding carboxylic acids is 1. The Hall–Kier alpha value is -2.75.